The Morgan fingerprint density at radius 3 is 2.75 bits per heavy atom. The van der Waals surface area contributed by atoms with Gasteiger partial charge in [-0.2, -0.15) is 0 Å². The third kappa shape index (κ3) is 1.95. The molecule has 1 amide bonds. The fraction of sp³-hybridized carbons (Fsp3) is 0.462. The highest BCUT2D eigenvalue weighted by molar-refractivity contribution is 6.00. The molecule has 0 bridgehead atoms. The predicted octanol–water partition coefficient (Wildman–Crippen LogP) is 1.70. The molecule has 0 spiro atoms. The number of para-hydroxylation sites is 1. The van der Waals surface area contributed by atoms with Crippen LogP contribution in [0.25, 0.3) is 0 Å². The Labute approximate surface area is 96.2 Å². The number of benzene rings is 1. The lowest BCUT2D eigenvalue weighted by Gasteiger charge is -2.33. The summed E-state index contributed by atoms with van der Waals surface area (Å²) in [5.74, 6) is -0.000324. The average Bonchev–Trinajstić information content (AvgIpc) is 2.26. The van der Waals surface area contributed by atoms with Crippen molar-refractivity contribution < 1.29 is 4.79 Å². The van der Waals surface area contributed by atoms with E-state index in [-0.39, 0.29) is 5.91 Å². The van der Waals surface area contributed by atoms with Crippen molar-refractivity contribution >= 4 is 11.6 Å². The molecule has 0 radical (unpaired) electrons. The molecular formula is C13H18N2O. The number of aryl methyl sites for hydroxylation is 1. The third-order valence-electron chi connectivity index (χ3n) is 2.91. The highest BCUT2D eigenvalue weighted by Crippen LogP contribution is 2.28. The van der Waals surface area contributed by atoms with Gasteiger partial charge in [-0.05, 0) is 38.3 Å². The molecule has 3 nitrogen and oxygen atoms in total. The number of amides is 1. The molecule has 1 heterocycles. The number of fused-ring (bicyclic) bond motifs is 1. The standard InChI is InChI=1S/C13H18N2O/c1-13(2,14)12(16)15-9-5-7-10-6-3-4-8-11(10)15/h3-4,6,8H,5,7,9,14H2,1-2H3. The van der Waals surface area contributed by atoms with Gasteiger partial charge in [-0.1, -0.05) is 18.2 Å². The van der Waals surface area contributed by atoms with Crippen molar-refractivity contribution in [3.63, 3.8) is 0 Å². The Morgan fingerprint density at radius 1 is 1.38 bits per heavy atom. The van der Waals surface area contributed by atoms with Crippen molar-refractivity contribution in [2.75, 3.05) is 11.4 Å². The van der Waals surface area contributed by atoms with E-state index in [9.17, 15) is 4.79 Å². The summed E-state index contributed by atoms with van der Waals surface area (Å²) in [7, 11) is 0. The summed E-state index contributed by atoms with van der Waals surface area (Å²) in [6, 6.07) is 8.06. The number of nitrogens with two attached hydrogens (primary N) is 1. The maximum atomic E-state index is 12.2. The number of nitrogens with zero attached hydrogens (tertiary/aromatic N) is 1. The van der Waals surface area contributed by atoms with Crippen LogP contribution in [0.1, 0.15) is 25.8 Å². The lowest BCUT2D eigenvalue weighted by atomic mass is 9.98. The minimum Gasteiger partial charge on any atom is -0.318 e. The molecule has 0 aliphatic carbocycles. The lowest BCUT2D eigenvalue weighted by Crippen LogP contribution is -2.52. The molecule has 0 saturated heterocycles. The second kappa shape index (κ2) is 3.91. The van der Waals surface area contributed by atoms with Crippen LogP contribution in [-0.4, -0.2) is 18.0 Å². The van der Waals surface area contributed by atoms with Gasteiger partial charge < -0.3 is 10.6 Å². The number of hydrogen-bond donors (Lipinski definition) is 1. The summed E-state index contributed by atoms with van der Waals surface area (Å²) in [6.45, 7) is 4.29. The normalized spacial score (nSPS) is 15.8. The largest absolute Gasteiger partial charge is 0.318 e. The van der Waals surface area contributed by atoms with Gasteiger partial charge in [-0.25, -0.2) is 0 Å². The lowest BCUT2D eigenvalue weighted by molar-refractivity contribution is -0.122. The zero-order valence-corrected chi connectivity index (χ0v) is 9.86. The molecule has 1 aliphatic rings. The molecule has 3 heteroatoms. The first-order chi connectivity index (χ1) is 7.50. The second-order valence-electron chi connectivity index (χ2n) is 4.91. The highest BCUT2D eigenvalue weighted by atomic mass is 16.2. The average molecular weight is 218 g/mol. The van der Waals surface area contributed by atoms with Gasteiger partial charge in [-0.3, -0.25) is 4.79 Å². The van der Waals surface area contributed by atoms with Gasteiger partial charge in [-0.15, -0.1) is 0 Å². The Kier molecular flexibility index (Phi) is 2.72. The molecule has 1 aromatic carbocycles. The summed E-state index contributed by atoms with van der Waals surface area (Å²) in [5, 5.41) is 0. The number of hydrogen-bond acceptors (Lipinski definition) is 2. The first kappa shape index (κ1) is 11.1. The molecule has 16 heavy (non-hydrogen) atoms. The molecule has 0 aromatic heterocycles. The van der Waals surface area contributed by atoms with Crippen molar-refractivity contribution in [2.24, 2.45) is 5.73 Å². The highest BCUT2D eigenvalue weighted by Gasteiger charge is 2.31. The van der Waals surface area contributed by atoms with Gasteiger partial charge >= 0.3 is 0 Å². The molecule has 0 unspecified atom stereocenters. The minimum absolute atomic E-state index is 0.000324. The number of carbonyl (C=O) groups is 1. The van der Waals surface area contributed by atoms with Crippen LogP contribution in [0.3, 0.4) is 0 Å². The van der Waals surface area contributed by atoms with Gasteiger partial charge in [0.05, 0.1) is 5.54 Å². The van der Waals surface area contributed by atoms with E-state index in [4.69, 9.17) is 5.73 Å². The summed E-state index contributed by atoms with van der Waals surface area (Å²) in [4.78, 5) is 14.0. The Bertz CT molecular complexity index is 407. The smallest absolute Gasteiger partial charge is 0.246 e. The van der Waals surface area contributed by atoms with E-state index in [1.54, 1.807) is 13.8 Å². The quantitative estimate of drug-likeness (QED) is 0.780. The molecule has 0 saturated carbocycles. The second-order valence-corrected chi connectivity index (χ2v) is 4.91. The van der Waals surface area contributed by atoms with Gasteiger partial charge in [0, 0.05) is 12.2 Å². The van der Waals surface area contributed by atoms with Crippen molar-refractivity contribution in [1.82, 2.24) is 0 Å². The Morgan fingerprint density at radius 2 is 2.06 bits per heavy atom. The van der Waals surface area contributed by atoms with E-state index in [2.05, 4.69) is 6.07 Å². The molecule has 2 rings (SSSR count). The van der Waals surface area contributed by atoms with Crippen LogP contribution < -0.4 is 10.6 Å². The fourth-order valence-electron chi connectivity index (χ4n) is 2.09. The minimum atomic E-state index is -0.801. The number of anilines is 1. The molecule has 1 aliphatic heterocycles. The molecule has 0 fully saturated rings. The monoisotopic (exact) mass is 218 g/mol. The predicted molar refractivity (Wildman–Crippen MR) is 65.4 cm³/mol. The van der Waals surface area contributed by atoms with E-state index in [0.29, 0.717) is 0 Å². The first-order valence-electron chi connectivity index (χ1n) is 5.69. The van der Waals surface area contributed by atoms with Crippen LogP contribution in [0.4, 0.5) is 5.69 Å². The zero-order chi connectivity index (χ0) is 11.8. The van der Waals surface area contributed by atoms with Gasteiger partial charge in [0.2, 0.25) is 5.91 Å². The van der Waals surface area contributed by atoms with Crippen molar-refractivity contribution in [3.8, 4) is 0 Å². The van der Waals surface area contributed by atoms with E-state index >= 15 is 0 Å². The Hall–Kier alpha value is -1.35. The third-order valence-corrected chi connectivity index (χ3v) is 2.91. The molecule has 86 valence electrons. The van der Waals surface area contributed by atoms with Gasteiger partial charge in [0.1, 0.15) is 0 Å². The summed E-state index contributed by atoms with van der Waals surface area (Å²) in [6.07, 6.45) is 2.06. The van der Waals surface area contributed by atoms with Crippen molar-refractivity contribution in [3.05, 3.63) is 29.8 Å². The fourth-order valence-corrected chi connectivity index (χ4v) is 2.09. The van der Waals surface area contributed by atoms with Crippen LogP contribution >= 0.6 is 0 Å². The zero-order valence-electron chi connectivity index (χ0n) is 9.86. The van der Waals surface area contributed by atoms with Crippen LogP contribution in [-0.2, 0) is 11.2 Å². The van der Waals surface area contributed by atoms with Crippen LogP contribution in [0.5, 0.6) is 0 Å². The Balaban J connectivity index is 2.36. The summed E-state index contributed by atoms with van der Waals surface area (Å²) < 4.78 is 0. The maximum absolute atomic E-state index is 12.2. The maximum Gasteiger partial charge on any atom is 0.246 e. The van der Waals surface area contributed by atoms with Crippen LogP contribution in [0, 0.1) is 0 Å². The van der Waals surface area contributed by atoms with E-state index in [1.807, 2.05) is 23.1 Å². The van der Waals surface area contributed by atoms with Crippen molar-refractivity contribution in [2.45, 2.75) is 32.2 Å². The van der Waals surface area contributed by atoms with E-state index in [1.165, 1.54) is 5.56 Å². The van der Waals surface area contributed by atoms with E-state index in [0.717, 1.165) is 25.1 Å². The number of rotatable bonds is 1. The van der Waals surface area contributed by atoms with Gasteiger partial charge in [0.25, 0.3) is 0 Å². The molecule has 2 N–H and O–H groups in total. The van der Waals surface area contributed by atoms with Gasteiger partial charge in [0.15, 0.2) is 0 Å². The van der Waals surface area contributed by atoms with Crippen molar-refractivity contribution in [1.29, 1.82) is 0 Å². The topological polar surface area (TPSA) is 46.3 Å². The van der Waals surface area contributed by atoms with Crippen LogP contribution in [0.15, 0.2) is 24.3 Å². The molecule has 1 aromatic rings. The van der Waals surface area contributed by atoms with Crippen LogP contribution in [0.2, 0.25) is 0 Å². The summed E-state index contributed by atoms with van der Waals surface area (Å²) >= 11 is 0. The SMILES string of the molecule is CC(C)(N)C(=O)N1CCCc2ccccc21. The molecular weight excluding hydrogens is 200 g/mol. The summed E-state index contributed by atoms with van der Waals surface area (Å²) in [5.41, 5.74) is 7.34. The first-order valence-corrected chi connectivity index (χ1v) is 5.69. The molecule has 0 atom stereocenters. The van der Waals surface area contributed by atoms with E-state index < -0.39 is 5.54 Å². The number of carbonyl (C=O) groups excluding carboxylic acids is 1.